The summed E-state index contributed by atoms with van der Waals surface area (Å²) >= 11 is 0. The Morgan fingerprint density at radius 1 is 1.04 bits per heavy atom. The van der Waals surface area contributed by atoms with E-state index in [4.69, 9.17) is 0 Å². The predicted molar refractivity (Wildman–Crippen MR) is 82.3 cm³/mol. The molecule has 1 atom stereocenters. The van der Waals surface area contributed by atoms with E-state index >= 15 is 0 Å². The minimum Gasteiger partial charge on any atom is -0.325 e. The number of nitrogens with one attached hydrogen (secondary N) is 1. The molecule has 0 bridgehead atoms. The van der Waals surface area contributed by atoms with Gasteiger partial charge >= 0.3 is 0 Å². The highest BCUT2D eigenvalue weighted by Gasteiger charge is 2.20. The molecule has 1 unspecified atom stereocenters. The number of halogens is 4. The molecule has 2 aromatic carbocycles. The molecule has 0 saturated carbocycles. The highest BCUT2D eigenvalue weighted by molar-refractivity contribution is 5.94. The first-order valence-electron chi connectivity index (χ1n) is 7.18. The van der Waals surface area contributed by atoms with E-state index in [-0.39, 0.29) is 17.8 Å². The van der Waals surface area contributed by atoms with E-state index < -0.39 is 35.2 Å². The van der Waals surface area contributed by atoms with Gasteiger partial charge in [0, 0.05) is 29.9 Å². The first kappa shape index (κ1) is 17.9. The van der Waals surface area contributed by atoms with Gasteiger partial charge in [-0.15, -0.1) is 0 Å². The summed E-state index contributed by atoms with van der Waals surface area (Å²) < 4.78 is 52.6. The second-order valence-electron chi connectivity index (χ2n) is 5.44. The number of rotatable bonds is 5. The summed E-state index contributed by atoms with van der Waals surface area (Å²) in [7, 11) is 1.60. The van der Waals surface area contributed by atoms with Crippen LogP contribution in [-0.2, 0) is 11.3 Å². The molecule has 0 radical (unpaired) electrons. The van der Waals surface area contributed by atoms with E-state index in [9.17, 15) is 22.4 Å². The SMILES string of the molecule is CC(C(=O)Nc1ccc(F)c(F)c1)N(C)Cc1ccc(F)cc1F. The number of anilines is 1. The molecule has 0 saturated heterocycles. The van der Waals surface area contributed by atoms with Gasteiger partial charge in [0.05, 0.1) is 6.04 Å². The van der Waals surface area contributed by atoms with Crippen molar-refractivity contribution in [1.29, 1.82) is 0 Å². The van der Waals surface area contributed by atoms with E-state index in [0.717, 1.165) is 24.3 Å². The second-order valence-corrected chi connectivity index (χ2v) is 5.44. The lowest BCUT2D eigenvalue weighted by molar-refractivity contribution is -0.120. The summed E-state index contributed by atoms with van der Waals surface area (Å²) in [4.78, 5) is 13.7. The van der Waals surface area contributed by atoms with Crippen molar-refractivity contribution in [2.24, 2.45) is 0 Å². The van der Waals surface area contributed by atoms with Gasteiger partial charge in [-0.2, -0.15) is 0 Å². The zero-order chi connectivity index (χ0) is 17.9. The van der Waals surface area contributed by atoms with Crippen LogP contribution in [0, 0.1) is 23.3 Å². The standard InChI is InChI=1S/C17H16F4N2O/c1-10(17(24)22-13-5-6-14(19)16(21)8-13)23(2)9-11-3-4-12(18)7-15(11)20/h3-8,10H,9H2,1-2H3,(H,22,24). The number of hydrogen-bond acceptors (Lipinski definition) is 2. The third-order valence-corrected chi connectivity index (χ3v) is 3.66. The van der Waals surface area contributed by atoms with Crippen LogP contribution in [0.5, 0.6) is 0 Å². The third kappa shape index (κ3) is 4.32. The maximum atomic E-state index is 13.7. The van der Waals surface area contributed by atoms with E-state index in [0.29, 0.717) is 0 Å². The number of likely N-dealkylation sites (N-methyl/N-ethyl adjacent to an activating group) is 1. The molecule has 1 amide bonds. The Morgan fingerprint density at radius 2 is 1.75 bits per heavy atom. The van der Waals surface area contributed by atoms with Crippen LogP contribution in [0.4, 0.5) is 23.2 Å². The molecule has 7 heteroatoms. The quantitative estimate of drug-likeness (QED) is 0.842. The average Bonchev–Trinajstić information content (AvgIpc) is 2.52. The molecule has 3 nitrogen and oxygen atoms in total. The molecule has 0 fully saturated rings. The zero-order valence-electron chi connectivity index (χ0n) is 13.1. The van der Waals surface area contributed by atoms with Crippen molar-refractivity contribution in [3.63, 3.8) is 0 Å². The third-order valence-electron chi connectivity index (χ3n) is 3.66. The largest absolute Gasteiger partial charge is 0.325 e. The van der Waals surface area contributed by atoms with Crippen molar-refractivity contribution < 1.29 is 22.4 Å². The Balaban J connectivity index is 2.02. The highest BCUT2D eigenvalue weighted by atomic mass is 19.2. The number of nitrogens with zero attached hydrogens (tertiary/aromatic N) is 1. The summed E-state index contributed by atoms with van der Waals surface area (Å²) in [6.07, 6.45) is 0. The number of carbonyl (C=O) groups is 1. The topological polar surface area (TPSA) is 32.3 Å². The van der Waals surface area contributed by atoms with Crippen LogP contribution in [0.15, 0.2) is 36.4 Å². The predicted octanol–water partition coefficient (Wildman–Crippen LogP) is 3.70. The molecule has 2 rings (SSSR count). The first-order chi connectivity index (χ1) is 11.3. The van der Waals surface area contributed by atoms with Gasteiger partial charge < -0.3 is 5.32 Å². The van der Waals surface area contributed by atoms with Crippen LogP contribution in [0.1, 0.15) is 12.5 Å². The van der Waals surface area contributed by atoms with Crippen LogP contribution in [0.3, 0.4) is 0 Å². The normalized spacial score (nSPS) is 12.3. The molecular weight excluding hydrogens is 324 g/mol. The van der Waals surface area contributed by atoms with Crippen LogP contribution in [-0.4, -0.2) is 23.9 Å². The molecule has 0 aliphatic heterocycles. The molecule has 128 valence electrons. The summed E-state index contributed by atoms with van der Waals surface area (Å²) in [6, 6.07) is 5.56. The summed E-state index contributed by atoms with van der Waals surface area (Å²) in [6.45, 7) is 1.66. The van der Waals surface area contributed by atoms with E-state index in [1.54, 1.807) is 18.9 Å². The maximum Gasteiger partial charge on any atom is 0.241 e. The lowest BCUT2D eigenvalue weighted by atomic mass is 10.1. The van der Waals surface area contributed by atoms with Crippen molar-refractivity contribution in [1.82, 2.24) is 4.90 Å². The molecule has 24 heavy (non-hydrogen) atoms. The zero-order valence-corrected chi connectivity index (χ0v) is 13.1. The number of hydrogen-bond donors (Lipinski definition) is 1. The summed E-state index contributed by atoms with van der Waals surface area (Å²) in [5.41, 5.74) is 0.360. The average molecular weight is 340 g/mol. The summed E-state index contributed by atoms with van der Waals surface area (Å²) in [5.74, 6) is -3.92. The smallest absolute Gasteiger partial charge is 0.241 e. The lowest BCUT2D eigenvalue weighted by Crippen LogP contribution is -2.39. The van der Waals surface area contributed by atoms with Crippen molar-refractivity contribution in [2.45, 2.75) is 19.5 Å². The first-order valence-corrected chi connectivity index (χ1v) is 7.18. The Bertz CT molecular complexity index is 751. The Labute approximate surface area is 136 Å². The minimum atomic E-state index is -1.07. The molecule has 0 aliphatic rings. The van der Waals surface area contributed by atoms with Gasteiger partial charge in [0.2, 0.25) is 5.91 Å². The van der Waals surface area contributed by atoms with Gasteiger partial charge in [0.25, 0.3) is 0 Å². The monoisotopic (exact) mass is 340 g/mol. The highest BCUT2D eigenvalue weighted by Crippen LogP contribution is 2.16. The van der Waals surface area contributed by atoms with Crippen LogP contribution in [0.2, 0.25) is 0 Å². The summed E-state index contributed by atoms with van der Waals surface area (Å²) in [5, 5.41) is 2.46. The molecular formula is C17H16F4N2O. The van der Waals surface area contributed by atoms with Gasteiger partial charge in [0.1, 0.15) is 11.6 Å². The minimum absolute atomic E-state index is 0.0818. The molecule has 0 aromatic heterocycles. The Hall–Kier alpha value is -2.41. The van der Waals surface area contributed by atoms with Crippen molar-refractivity contribution in [3.05, 3.63) is 65.2 Å². The van der Waals surface area contributed by atoms with Gasteiger partial charge in [-0.3, -0.25) is 9.69 Å². The maximum absolute atomic E-state index is 13.7. The number of amides is 1. The van der Waals surface area contributed by atoms with Gasteiger partial charge in [-0.25, -0.2) is 17.6 Å². The fourth-order valence-electron chi connectivity index (χ4n) is 2.08. The van der Waals surface area contributed by atoms with E-state index in [1.807, 2.05) is 0 Å². The van der Waals surface area contributed by atoms with Gasteiger partial charge in [-0.1, -0.05) is 6.07 Å². The number of carbonyl (C=O) groups excluding carboxylic acids is 1. The molecule has 0 heterocycles. The van der Waals surface area contributed by atoms with Crippen molar-refractivity contribution in [3.8, 4) is 0 Å². The Kier molecular flexibility index (Phi) is 5.56. The number of benzene rings is 2. The molecule has 0 spiro atoms. The van der Waals surface area contributed by atoms with Crippen molar-refractivity contribution >= 4 is 11.6 Å². The lowest BCUT2D eigenvalue weighted by Gasteiger charge is -2.24. The van der Waals surface area contributed by atoms with E-state index in [1.165, 1.54) is 12.1 Å². The fourth-order valence-corrected chi connectivity index (χ4v) is 2.08. The van der Waals surface area contributed by atoms with Gasteiger partial charge in [0.15, 0.2) is 11.6 Å². The van der Waals surface area contributed by atoms with Gasteiger partial charge in [-0.05, 0) is 32.2 Å². The van der Waals surface area contributed by atoms with Crippen molar-refractivity contribution in [2.75, 3.05) is 12.4 Å². The molecule has 0 aliphatic carbocycles. The Morgan fingerprint density at radius 3 is 2.38 bits per heavy atom. The van der Waals surface area contributed by atoms with Crippen LogP contribution < -0.4 is 5.32 Å². The second kappa shape index (κ2) is 7.44. The van der Waals surface area contributed by atoms with E-state index in [2.05, 4.69) is 5.32 Å². The van der Waals surface area contributed by atoms with Crippen LogP contribution >= 0.6 is 0 Å². The molecule has 1 N–H and O–H groups in total. The fraction of sp³-hybridized carbons (Fsp3) is 0.235. The van der Waals surface area contributed by atoms with Crippen LogP contribution in [0.25, 0.3) is 0 Å². The molecule has 2 aromatic rings.